The van der Waals surface area contributed by atoms with E-state index in [1.165, 1.54) is 0 Å². The molecule has 1 unspecified atom stereocenters. The number of aliphatic carboxylic acids is 1. The minimum Gasteiger partial charge on any atom is -0.481 e. The smallest absolute Gasteiger partial charge is 0.312 e. The van der Waals surface area contributed by atoms with Gasteiger partial charge in [0, 0.05) is 13.1 Å². The summed E-state index contributed by atoms with van der Waals surface area (Å²) in [5, 5.41) is 12.3. The van der Waals surface area contributed by atoms with Crippen molar-refractivity contribution in [3.8, 4) is 0 Å². The number of fused-ring (bicyclic) bond motifs is 2. The van der Waals surface area contributed by atoms with Crippen LogP contribution in [-0.2, 0) is 4.79 Å². The van der Waals surface area contributed by atoms with E-state index in [0.29, 0.717) is 13.1 Å². The molecule has 1 fully saturated rings. The highest BCUT2D eigenvalue weighted by atomic mass is 16.4. The lowest BCUT2D eigenvalue weighted by atomic mass is 9.86. The standard InChI is InChI=1S/C12H12N2O2/c15-12(16)8-5-13-6-10-11(8)7-3-1-2-4-9(7)14-10/h1-2,4,8,13H,3,5-6H2,(H,15,16). The number of carboxylic acid groups (broad SMARTS) is 1. The Balaban J connectivity index is 2.11. The van der Waals surface area contributed by atoms with Gasteiger partial charge in [-0.05, 0) is 23.6 Å². The molecule has 82 valence electrons. The zero-order chi connectivity index (χ0) is 11.1. The van der Waals surface area contributed by atoms with Crippen LogP contribution in [0.25, 0.3) is 0 Å². The van der Waals surface area contributed by atoms with Gasteiger partial charge in [-0.1, -0.05) is 12.2 Å². The van der Waals surface area contributed by atoms with Crippen molar-refractivity contribution in [3.05, 3.63) is 35.1 Å². The third-order valence-electron chi connectivity index (χ3n) is 3.20. The van der Waals surface area contributed by atoms with Gasteiger partial charge in [0.25, 0.3) is 0 Å². The number of allylic oxidation sites excluding steroid dienone is 4. The van der Waals surface area contributed by atoms with Gasteiger partial charge in [0.05, 0.1) is 17.3 Å². The molecule has 0 bridgehead atoms. The van der Waals surface area contributed by atoms with Gasteiger partial charge in [0.15, 0.2) is 0 Å². The molecule has 0 radical (unpaired) electrons. The zero-order valence-corrected chi connectivity index (χ0v) is 8.73. The largest absolute Gasteiger partial charge is 0.481 e. The lowest BCUT2D eigenvalue weighted by molar-refractivity contribution is -0.140. The second-order valence-corrected chi connectivity index (χ2v) is 4.16. The highest BCUT2D eigenvalue weighted by molar-refractivity contribution is 6.10. The number of aliphatic imine (C=N–C) groups is 1. The van der Waals surface area contributed by atoms with Crippen LogP contribution >= 0.6 is 0 Å². The first kappa shape index (κ1) is 9.54. The average Bonchev–Trinajstić information content (AvgIpc) is 2.66. The summed E-state index contributed by atoms with van der Waals surface area (Å²) >= 11 is 0. The van der Waals surface area contributed by atoms with Crippen molar-refractivity contribution in [3.63, 3.8) is 0 Å². The van der Waals surface area contributed by atoms with Crippen LogP contribution in [-0.4, -0.2) is 29.9 Å². The maximum absolute atomic E-state index is 11.2. The van der Waals surface area contributed by atoms with Crippen molar-refractivity contribution in [2.45, 2.75) is 6.42 Å². The van der Waals surface area contributed by atoms with E-state index in [4.69, 9.17) is 0 Å². The first-order valence-corrected chi connectivity index (χ1v) is 5.39. The maximum Gasteiger partial charge on any atom is 0.312 e. The summed E-state index contributed by atoms with van der Waals surface area (Å²) in [6.45, 7) is 1.18. The summed E-state index contributed by atoms with van der Waals surface area (Å²) in [7, 11) is 0. The topological polar surface area (TPSA) is 61.7 Å². The Labute approximate surface area is 93.1 Å². The fourth-order valence-electron chi connectivity index (χ4n) is 2.48. The predicted octanol–water partition coefficient (Wildman–Crippen LogP) is 0.885. The number of rotatable bonds is 1. The Hall–Kier alpha value is -1.68. The minimum absolute atomic E-state index is 0.445. The second-order valence-electron chi connectivity index (χ2n) is 4.16. The van der Waals surface area contributed by atoms with E-state index >= 15 is 0 Å². The molecule has 2 aliphatic heterocycles. The van der Waals surface area contributed by atoms with Gasteiger partial charge >= 0.3 is 5.97 Å². The molecule has 0 aromatic heterocycles. The summed E-state index contributed by atoms with van der Waals surface area (Å²) in [6, 6.07) is 0. The molecule has 0 aromatic carbocycles. The van der Waals surface area contributed by atoms with Crippen LogP contribution in [0.5, 0.6) is 0 Å². The summed E-state index contributed by atoms with van der Waals surface area (Å²) in [5.41, 5.74) is 3.90. The lowest BCUT2D eigenvalue weighted by Gasteiger charge is -2.23. The van der Waals surface area contributed by atoms with Crippen molar-refractivity contribution in [2.24, 2.45) is 10.9 Å². The van der Waals surface area contributed by atoms with Gasteiger partial charge in [-0.3, -0.25) is 9.79 Å². The van der Waals surface area contributed by atoms with E-state index in [0.717, 1.165) is 29.0 Å². The highest BCUT2D eigenvalue weighted by Gasteiger charge is 2.36. The minimum atomic E-state index is -0.766. The summed E-state index contributed by atoms with van der Waals surface area (Å²) < 4.78 is 0. The van der Waals surface area contributed by atoms with E-state index in [2.05, 4.69) is 10.3 Å². The quantitative estimate of drug-likeness (QED) is 0.684. The van der Waals surface area contributed by atoms with Crippen molar-refractivity contribution >= 4 is 11.7 Å². The molecule has 1 aliphatic carbocycles. The molecule has 4 nitrogen and oxygen atoms in total. The number of nitrogens with one attached hydrogen (secondary N) is 1. The molecule has 0 saturated carbocycles. The van der Waals surface area contributed by atoms with Crippen LogP contribution in [0.3, 0.4) is 0 Å². The predicted molar refractivity (Wildman–Crippen MR) is 60.3 cm³/mol. The van der Waals surface area contributed by atoms with Gasteiger partial charge < -0.3 is 10.4 Å². The SMILES string of the molecule is O=C(O)C1CNCC2=NC3=CC=CCC3=C21. The van der Waals surface area contributed by atoms with Gasteiger partial charge in [0.1, 0.15) is 0 Å². The van der Waals surface area contributed by atoms with E-state index in [9.17, 15) is 9.90 Å². The molecule has 3 aliphatic rings. The number of hydrogen-bond donors (Lipinski definition) is 2. The van der Waals surface area contributed by atoms with Crippen LogP contribution in [0.15, 0.2) is 40.1 Å². The van der Waals surface area contributed by atoms with Crippen molar-refractivity contribution in [2.75, 3.05) is 13.1 Å². The van der Waals surface area contributed by atoms with Crippen LogP contribution in [0.2, 0.25) is 0 Å². The molecule has 0 spiro atoms. The molecule has 3 rings (SSSR count). The molecule has 2 N–H and O–H groups in total. The Morgan fingerprint density at radius 1 is 1.56 bits per heavy atom. The Bertz CT molecular complexity index is 483. The van der Waals surface area contributed by atoms with E-state index < -0.39 is 11.9 Å². The molecule has 0 aromatic rings. The van der Waals surface area contributed by atoms with Crippen LogP contribution in [0.4, 0.5) is 0 Å². The maximum atomic E-state index is 11.2. The van der Waals surface area contributed by atoms with Crippen molar-refractivity contribution in [1.82, 2.24) is 5.32 Å². The summed E-state index contributed by atoms with van der Waals surface area (Å²) in [6.07, 6.45) is 6.78. The molecule has 4 heteroatoms. The lowest BCUT2D eigenvalue weighted by Crippen LogP contribution is -2.41. The molecular formula is C12H12N2O2. The van der Waals surface area contributed by atoms with E-state index in [1.807, 2.05) is 18.2 Å². The number of nitrogens with zero attached hydrogens (tertiary/aromatic N) is 1. The first-order valence-electron chi connectivity index (χ1n) is 5.39. The molecular weight excluding hydrogens is 204 g/mol. The summed E-state index contributed by atoms with van der Waals surface area (Å²) in [5.74, 6) is -1.21. The van der Waals surface area contributed by atoms with Crippen LogP contribution in [0.1, 0.15) is 6.42 Å². The van der Waals surface area contributed by atoms with Crippen LogP contribution < -0.4 is 5.32 Å². The number of carbonyl (C=O) groups is 1. The Morgan fingerprint density at radius 3 is 3.25 bits per heavy atom. The van der Waals surface area contributed by atoms with Gasteiger partial charge in [-0.25, -0.2) is 0 Å². The number of hydrogen-bond acceptors (Lipinski definition) is 3. The fraction of sp³-hybridized carbons (Fsp3) is 0.333. The first-order chi connectivity index (χ1) is 7.77. The van der Waals surface area contributed by atoms with Gasteiger partial charge in [0.2, 0.25) is 0 Å². The van der Waals surface area contributed by atoms with Gasteiger partial charge in [-0.2, -0.15) is 0 Å². The fourth-order valence-corrected chi connectivity index (χ4v) is 2.48. The summed E-state index contributed by atoms with van der Waals surface area (Å²) in [4.78, 5) is 15.7. The molecule has 2 heterocycles. The molecule has 0 amide bonds. The average molecular weight is 216 g/mol. The Morgan fingerprint density at radius 2 is 2.44 bits per heavy atom. The third kappa shape index (κ3) is 1.27. The van der Waals surface area contributed by atoms with Crippen molar-refractivity contribution < 1.29 is 9.90 Å². The monoisotopic (exact) mass is 216 g/mol. The Kier molecular flexibility index (Phi) is 2.04. The highest BCUT2D eigenvalue weighted by Crippen LogP contribution is 2.35. The number of carboxylic acids is 1. The normalized spacial score (nSPS) is 27.1. The number of piperidine rings is 1. The van der Waals surface area contributed by atoms with Crippen molar-refractivity contribution in [1.29, 1.82) is 0 Å². The zero-order valence-electron chi connectivity index (χ0n) is 8.73. The van der Waals surface area contributed by atoms with Crippen LogP contribution in [0, 0.1) is 5.92 Å². The van der Waals surface area contributed by atoms with Gasteiger partial charge in [-0.15, -0.1) is 0 Å². The second kappa shape index (κ2) is 3.42. The molecule has 16 heavy (non-hydrogen) atoms. The molecule has 1 atom stereocenters. The third-order valence-corrected chi connectivity index (χ3v) is 3.20. The molecule has 1 saturated heterocycles. The van der Waals surface area contributed by atoms with E-state index in [-0.39, 0.29) is 0 Å². The van der Waals surface area contributed by atoms with E-state index in [1.54, 1.807) is 0 Å².